The van der Waals surface area contributed by atoms with Crippen molar-refractivity contribution < 1.29 is 28.9 Å². The molecule has 2 aromatic rings. The van der Waals surface area contributed by atoms with E-state index in [1.165, 1.54) is 0 Å². The van der Waals surface area contributed by atoms with E-state index in [1.54, 1.807) is 0 Å². The number of furan rings is 1. The molecule has 0 saturated heterocycles. The van der Waals surface area contributed by atoms with Gasteiger partial charge in [-0.3, -0.25) is 9.78 Å². The fraction of sp³-hybridized carbons (Fsp3) is 0.111. The van der Waals surface area contributed by atoms with E-state index < -0.39 is 47.7 Å². The number of nitrogens with zero attached hydrogens (tertiary/aromatic N) is 1. The Morgan fingerprint density at radius 3 is 2.67 bits per heavy atom. The molecule has 12 heteroatoms. The van der Waals surface area contributed by atoms with Gasteiger partial charge in [0, 0.05) is 12.3 Å². The zero-order chi connectivity index (χ0) is 15.8. The maximum absolute atomic E-state index is 11.6. The van der Waals surface area contributed by atoms with Crippen LogP contribution in [-0.4, -0.2) is 24.7 Å². The van der Waals surface area contributed by atoms with Gasteiger partial charge in [-0.2, -0.15) is 0 Å². The second-order valence-electron chi connectivity index (χ2n) is 3.75. The summed E-state index contributed by atoms with van der Waals surface area (Å²) in [5.41, 5.74) is -1.59. The predicted molar refractivity (Wildman–Crippen MR) is 69.5 cm³/mol. The zero-order valence-electron chi connectivity index (χ0n) is 10.0. The van der Waals surface area contributed by atoms with Crippen molar-refractivity contribution >= 4 is 18.5 Å². The van der Waals surface area contributed by atoms with Gasteiger partial charge in [-0.1, -0.05) is 11.8 Å². The molecule has 21 heavy (non-hydrogen) atoms. The predicted octanol–water partition coefficient (Wildman–Crippen LogP) is -1.38. The van der Waals surface area contributed by atoms with Crippen molar-refractivity contribution in [3.8, 4) is 17.4 Å². The molecule has 2 heterocycles. The Balaban J connectivity index is 2.45. The lowest BCUT2D eigenvalue weighted by Gasteiger charge is -2.18. The summed E-state index contributed by atoms with van der Waals surface area (Å²) in [6.45, 7) is -4.93. The quantitative estimate of drug-likeness (QED) is 0.494. The van der Waals surface area contributed by atoms with Gasteiger partial charge in [0.25, 0.3) is 11.4 Å². The van der Waals surface area contributed by atoms with Crippen LogP contribution in [0.25, 0.3) is 5.88 Å². The van der Waals surface area contributed by atoms with Crippen molar-refractivity contribution in [1.82, 2.24) is 9.55 Å². The van der Waals surface area contributed by atoms with Crippen molar-refractivity contribution in [2.75, 3.05) is 0 Å². The van der Waals surface area contributed by atoms with E-state index in [2.05, 4.69) is 16.3 Å². The summed E-state index contributed by atoms with van der Waals surface area (Å²) < 4.78 is 10.1. The summed E-state index contributed by atoms with van der Waals surface area (Å²) in [6.07, 6.45) is 1.01. The van der Waals surface area contributed by atoms with E-state index in [0.717, 1.165) is 12.3 Å². The highest BCUT2D eigenvalue weighted by atomic mass is 32.5. The molecule has 10 nitrogen and oxygen atoms in total. The van der Waals surface area contributed by atoms with Gasteiger partial charge in [0.05, 0.1) is 0 Å². The van der Waals surface area contributed by atoms with Crippen molar-refractivity contribution in [2.24, 2.45) is 0 Å². The second-order valence-corrected chi connectivity index (χ2v) is 6.33. The van der Waals surface area contributed by atoms with Crippen LogP contribution in [0.5, 0.6) is 11.5 Å². The molecule has 0 spiro atoms. The molecule has 0 fully saturated rings. The van der Waals surface area contributed by atoms with Gasteiger partial charge in [-0.25, -0.2) is 9.36 Å². The third-order valence-corrected chi connectivity index (χ3v) is 3.08. The number of hydrogen-bond donors (Lipinski definition) is 4. The summed E-state index contributed by atoms with van der Waals surface area (Å²) in [4.78, 5) is 44.0. The smallest absolute Gasteiger partial charge is 0.335 e. The normalized spacial score (nSPS) is 14.0. The van der Waals surface area contributed by atoms with E-state index in [0.29, 0.717) is 4.57 Å². The zero-order valence-corrected chi connectivity index (χ0v) is 11.8. The number of hydrogen-bond acceptors (Lipinski definition) is 8. The van der Waals surface area contributed by atoms with E-state index in [9.17, 15) is 24.7 Å². The van der Waals surface area contributed by atoms with Crippen LogP contribution in [0, 0.1) is 0 Å². The number of H-pyrrole nitrogens is 1. The monoisotopic (exact) mass is 335 g/mol. The molecule has 2 rings (SSSR count). The summed E-state index contributed by atoms with van der Waals surface area (Å²) in [6, 6.07) is 0.988. The van der Waals surface area contributed by atoms with Crippen LogP contribution in [0.2, 0.25) is 0 Å². The molecule has 0 aromatic carbocycles. The molecule has 0 bridgehead atoms. The summed E-state index contributed by atoms with van der Waals surface area (Å²) >= 11 is 4.10. The number of nitrogens with one attached hydrogen (secondary N) is 1. The topological polar surface area (TPSA) is 161 Å². The van der Waals surface area contributed by atoms with Gasteiger partial charge < -0.3 is 28.9 Å². The summed E-state index contributed by atoms with van der Waals surface area (Å²) in [7, 11) is 0. The molecular formula is C9H8N2O8PS-. The molecule has 1 atom stereocenters. The van der Waals surface area contributed by atoms with Gasteiger partial charge in [0.1, 0.15) is 13.3 Å². The van der Waals surface area contributed by atoms with Gasteiger partial charge in [0.2, 0.25) is 11.5 Å². The maximum atomic E-state index is 11.6. The van der Waals surface area contributed by atoms with Gasteiger partial charge in [0.15, 0.2) is 5.76 Å². The lowest BCUT2D eigenvalue weighted by molar-refractivity contribution is -0.202. The molecule has 0 amide bonds. The van der Waals surface area contributed by atoms with Crippen LogP contribution in [0.15, 0.2) is 26.3 Å². The van der Waals surface area contributed by atoms with Crippen LogP contribution in [-0.2, 0) is 22.9 Å². The van der Waals surface area contributed by atoms with Crippen molar-refractivity contribution in [3.63, 3.8) is 0 Å². The molecular weight excluding hydrogens is 327 g/mol. The van der Waals surface area contributed by atoms with Crippen molar-refractivity contribution in [1.29, 1.82) is 0 Å². The fourth-order valence-corrected chi connectivity index (χ4v) is 1.86. The average molecular weight is 335 g/mol. The highest BCUT2D eigenvalue weighted by molar-refractivity contribution is 8.06. The van der Waals surface area contributed by atoms with Crippen LogP contribution in [0.4, 0.5) is 0 Å². The molecule has 0 aliphatic carbocycles. The lowest BCUT2D eigenvalue weighted by Crippen LogP contribution is -2.27. The highest BCUT2D eigenvalue weighted by Crippen LogP contribution is 2.40. The van der Waals surface area contributed by atoms with E-state index in [1.807, 2.05) is 4.98 Å². The molecule has 4 N–H and O–H groups in total. The van der Waals surface area contributed by atoms with E-state index >= 15 is 0 Å². The summed E-state index contributed by atoms with van der Waals surface area (Å²) in [5, 5.41) is 19.3. The van der Waals surface area contributed by atoms with E-state index in [-0.39, 0.29) is 0 Å². The molecule has 0 saturated carbocycles. The molecule has 0 aliphatic heterocycles. The third-order valence-electron chi connectivity index (χ3n) is 2.31. The Labute approximate surface area is 120 Å². The SMILES string of the molecule is O=c1ccn(-c2oc(COP([O-])(O)=S)c(O)c2O)c(=O)[nH]1. The van der Waals surface area contributed by atoms with Crippen molar-refractivity contribution in [2.45, 2.75) is 6.61 Å². The Bertz CT molecular complexity index is 831. The fourth-order valence-electron chi connectivity index (χ4n) is 1.43. The first-order valence-corrected chi connectivity index (χ1v) is 7.82. The first-order chi connectivity index (χ1) is 9.69. The Kier molecular flexibility index (Phi) is 4.03. The molecule has 0 radical (unpaired) electrons. The third kappa shape index (κ3) is 3.40. The minimum atomic E-state index is -4.23. The number of aromatic nitrogens is 2. The van der Waals surface area contributed by atoms with Crippen LogP contribution < -0.4 is 16.1 Å². The van der Waals surface area contributed by atoms with Crippen LogP contribution in [0.3, 0.4) is 0 Å². The van der Waals surface area contributed by atoms with Crippen LogP contribution >= 0.6 is 6.72 Å². The van der Waals surface area contributed by atoms with Gasteiger partial charge >= 0.3 is 5.69 Å². The first-order valence-electron chi connectivity index (χ1n) is 5.23. The first kappa shape index (κ1) is 15.5. The highest BCUT2D eigenvalue weighted by Gasteiger charge is 2.22. The molecule has 1 unspecified atom stereocenters. The molecule has 114 valence electrons. The summed E-state index contributed by atoms with van der Waals surface area (Å²) in [5.74, 6) is -2.50. The molecule has 0 aliphatic rings. The number of rotatable bonds is 4. The Hall–Kier alpha value is -1.91. The molecule has 2 aromatic heterocycles. The average Bonchev–Trinajstić information content (AvgIpc) is 2.64. The standard InChI is InChI=1S/C9H9N2O8PS/c12-5-1-2-11(9(15)10-5)8-7(14)6(13)4(19-8)3-18-20(16,17)21/h1-2,13-14H,3H2,(H,10,12,15)(H2,16,17,21)/p-1. The number of aromatic hydroxyl groups is 2. The van der Waals surface area contributed by atoms with E-state index in [4.69, 9.17) is 9.31 Å². The Morgan fingerprint density at radius 1 is 1.43 bits per heavy atom. The van der Waals surface area contributed by atoms with Gasteiger partial charge in [-0.05, 0) is 0 Å². The Morgan fingerprint density at radius 2 is 2.10 bits per heavy atom. The largest absolute Gasteiger partial charge is 0.780 e. The second kappa shape index (κ2) is 5.47. The minimum absolute atomic E-state index is 0.417. The number of aromatic amines is 1. The minimum Gasteiger partial charge on any atom is -0.780 e. The van der Waals surface area contributed by atoms with Crippen LogP contribution in [0.1, 0.15) is 5.76 Å². The lowest BCUT2D eigenvalue weighted by atomic mass is 10.4. The van der Waals surface area contributed by atoms with Gasteiger partial charge in [-0.15, -0.1) is 0 Å². The van der Waals surface area contributed by atoms with Crippen molar-refractivity contribution in [3.05, 3.63) is 38.9 Å². The maximum Gasteiger partial charge on any atom is 0.335 e.